The van der Waals surface area contributed by atoms with Crippen molar-refractivity contribution < 1.29 is 33.5 Å². The number of aliphatic hydroxyl groups excluding tert-OH is 1. The molecule has 5 rings (SSSR count). The van der Waals surface area contributed by atoms with Crippen LogP contribution in [0.5, 0.6) is 0 Å². The van der Waals surface area contributed by atoms with E-state index in [1.165, 1.54) is 11.0 Å². The highest BCUT2D eigenvalue weighted by molar-refractivity contribution is 6.05. The zero-order valence-electron chi connectivity index (χ0n) is 20.2. The Morgan fingerprint density at radius 3 is 2.70 bits per heavy atom. The molecule has 3 aromatic rings. The lowest BCUT2D eigenvalue weighted by Gasteiger charge is -2.34. The normalized spacial score (nSPS) is 19.2. The third kappa shape index (κ3) is 4.86. The van der Waals surface area contributed by atoms with Gasteiger partial charge in [-0.2, -0.15) is 0 Å². The zero-order valence-corrected chi connectivity index (χ0v) is 20.2. The molecular weight excluding hydrogens is 482 g/mol. The van der Waals surface area contributed by atoms with Crippen LogP contribution in [0.2, 0.25) is 0 Å². The van der Waals surface area contributed by atoms with Gasteiger partial charge in [-0.25, -0.2) is 0 Å². The number of hydrogen-bond donors (Lipinski definition) is 3. The topological polar surface area (TPSA) is 160 Å². The van der Waals surface area contributed by atoms with Gasteiger partial charge in [0.05, 0.1) is 25.2 Å². The van der Waals surface area contributed by atoms with E-state index in [0.717, 1.165) is 5.56 Å². The van der Waals surface area contributed by atoms with Crippen LogP contribution in [-0.2, 0) is 19.1 Å². The molecule has 2 saturated heterocycles. The van der Waals surface area contributed by atoms with Crippen LogP contribution in [0.4, 0.5) is 17.2 Å². The van der Waals surface area contributed by atoms with E-state index in [2.05, 4.69) is 10.5 Å². The quantitative estimate of drug-likeness (QED) is 0.454. The van der Waals surface area contributed by atoms with E-state index in [4.69, 9.17) is 19.7 Å². The van der Waals surface area contributed by atoms with Gasteiger partial charge >= 0.3 is 0 Å². The van der Waals surface area contributed by atoms with Crippen LogP contribution in [0.1, 0.15) is 15.9 Å². The van der Waals surface area contributed by atoms with Crippen LogP contribution in [0.3, 0.4) is 0 Å². The zero-order chi connectivity index (χ0) is 26.1. The van der Waals surface area contributed by atoms with Gasteiger partial charge in [-0.05, 0) is 36.8 Å². The lowest BCUT2D eigenvalue weighted by molar-refractivity contribution is -0.150. The van der Waals surface area contributed by atoms with Gasteiger partial charge in [-0.15, -0.1) is 0 Å². The van der Waals surface area contributed by atoms with E-state index in [1.54, 1.807) is 35.2 Å². The second kappa shape index (κ2) is 10.2. The average Bonchev–Trinajstić information content (AvgIpc) is 3.28. The predicted octanol–water partition coefficient (Wildman–Crippen LogP) is 0.922. The lowest BCUT2D eigenvalue weighted by atomic mass is 10.0. The number of morpholine rings is 2. The highest BCUT2D eigenvalue weighted by atomic mass is 16.5. The molecule has 0 spiro atoms. The summed E-state index contributed by atoms with van der Waals surface area (Å²) in [6.07, 6.45) is -3.19. The minimum absolute atomic E-state index is 0.102. The number of nitrogens with zero attached hydrogens (tertiary/aromatic N) is 3. The van der Waals surface area contributed by atoms with Crippen LogP contribution < -0.4 is 16.0 Å². The van der Waals surface area contributed by atoms with Crippen molar-refractivity contribution in [2.45, 2.75) is 19.1 Å². The Bertz CT molecular complexity index is 1350. The summed E-state index contributed by atoms with van der Waals surface area (Å²) in [5.41, 5.74) is 8.15. The highest BCUT2D eigenvalue weighted by Crippen LogP contribution is 2.26. The van der Waals surface area contributed by atoms with Crippen molar-refractivity contribution in [1.29, 1.82) is 0 Å². The summed E-state index contributed by atoms with van der Waals surface area (Å²) in [5.74, 6) is -1.31. The fraction of sp³-hybridized carbons (Fsp3) is 0.360. The number of nitrogens with one attached hydrogen (secondary N) is 1. The Kier molecular flexibility index (Phi) is 6.78. The van der Waals surface area contributed by atoms with E-state index >= 15 is 0 Å². The van der Waals surface area contributed by atoms with Gasteiger partial charge in [-0.3, -0.25) is 14.4 Å². The first kappa shape index (κ1) is 24.7. The Morgan fingerprint density at radius 1 is 1.14 bits per heavy atom. The molecule has 2 aliphatic heterocycles. The van der Waals surface area contributed by atoms with E-state index in [0.29, 0.717) is 54.2 Å². The molecule has 2 atom stereocenters. The van der Waals surface area contributed by atoms with Gasteiger partial charge in [0.1, 0.15) is 0 Å². The Hall–Kier alpha value is -4.00. The number of ether oxygens (including phenoxy) is 2. The van der Waals surface area contributed by atoms with Crippen LogP contribution in [-0.4, -0.2) is 84.5 Å². The molecule has 0 saturated carbocycles. The number of nitrogens with two attached hydrogens (primary N) is 1. The molecule has 4 N–H and O–H groups in total. The largest absolute Gasteiger partial charge is 0.380 e. The van der Waals surface area contributed by atoms with E-state index < -0.39 is 24.0 Å². The van der Waals surface area contributed by atoms with Crippen molar-refractivity contribution in [2.75, 3.05) is 55.4 Å². The molecule has 0 radical (unpaired) electrons. The van der Waals surface area contributed by atoms with Gasteiger partial charge in [0.25, 0.3) is 17.7 Å². The molecular formula is C25H27N5O7. The van der Waals surface area contributed by atoms with Crippen LogP contribution in [0.25, 0.3) is 11.0 Å². The minimum Gasteiger partial charge on any atom is -0.380 e. The number of fused-ring (bicyclic) bond motifs is 1. The maximum Gasteiger partial charge on any atom is 0.259 e. The van der Waals surface area contributed by atoms with Crippen molar-refractivity contribution in [1.82, 2.24) is 10.1 Å². The van der Waals surface area contributed by atoms with E-state index in [-0.39, 0.29) is 24.9 Å². The molecule has 12 nitrogen and oxygen atoms in total. The van der Waals surface area contributed by atoms with Gasteiger partial charge in [-0.1, -0.05) is 11.2 Å². The molecule has 0 bridgehead atoms. The molecule has 1 aromatic heterocycles. The third-order valence-corrected chi connectivity index (χ3v) is 6.51. The minimum atomic E-state index is -1.77. The monoisotopic (exact) mass is 509 g/mol. The molecule has 2 fully saturated rings. The van der Waals surface area contributed by atoms with E-state index in [9.17, 15) is 19.5 Å². The standard InChI is InChI=1S/C25H27N5O7/c1-14-2-4-16(13-18(14)24(33)29-6-9-35-10-7-29)30-8-11-36-21(25(30)34)20(31)23(32)27-15-3-5-17-19(12-15)37-28-22(17)26/h2-5,12-13,20-21,31H,6-11H2,1H3,(H2,26,28)(H,27,32). The molecule has 0 aliphatic carbocycles. The van der Waals surface area contributed by atoms with Crippen molar-refractivity contribution >= 4 is 45.9 Å². The first-order chi connectivity index (χ1) is 17.8. The second-order valence-electron chi connectivity index (χ2n) is 8.90. The molecule has 12 heteroatoms. The number of nitrogen functional groups attached to an aromatic ring is 1. The van der Waals surface area contributed by atoms with Crippen molar-refractivity contribution in [3.63, 3.8) is 0 Å². The number of benzene rings is 2. The number of aryl methyl sites for hydroxylation is 1. The summed E-state index contributed by atoms with van der Waals surface area (Å²) in [5, 5.41) is 17.5. The fourth-order valence-corrected chi connectivity index (χ4v) is 4.42. The first-order valence-electron chi connectivity index (χ1n) is 11.9. The van der Waals surface area contributed by atoms with Crippen molar-refractivity contribution in [3.05, 3.63) is 47.5 Å². The summed E-state index contributed by atoms with van der Waals surface area (Å²) < 4.78 is 15.9. The fourth-order valence-electron chi connectivity index (χ4n) is 4.42. The van der Waals surface area contributed by atoms with Gasteiger partial charge in [0.2, 0.25) is 0 Å². The number of rotatable bonds is 5. The molecule has 37 heavy (non-hydrogen) atoms. The van der Waals surface area contributed by atoms with Crippen LogP contribution in [0.15, 0.2) is 40.9 Å². The number of carbonyl (C=O) groups is 3. The summed E-state index contributed by atoms with van der Waals surface area (Å²) in [6.45, 7) is 4.10. The van der Waals surface area contributed by atoms with Gasteiger partial charge in [0, 0.05) is 42.6 Å². The van der Waals surface area contributed by atoms with Crippen LogP contribution >= 0.6 is 0 Å². The Morgan fingerprint density at radius 2 is 1.92 bits per heavy atom. The SMILES string of the molecule is Cc1ccc(N2CCOC(C(O)C(=O)Nc3ccc4c(N)noc4c3)C2=O)cc1C(=O)N1CCOCC1. The summed E-state index contributed by atoms with van der Waals surface area (Å²) in [7, 11) is 0. The average molecular weight is 510 g/mol. The molecule has 2 aliphatic rings. The summed E-state index contributed by atoms with van der Waals surface area (Å²) in [6, 6.07) is 9.89. The maximum atomic E-state index is 13.3. The molecule has 194 valence electrons. The number of anilines is 3. The lowest BCUT2D eigenvalue weighted by Crippen LogP contribution is -2.55. The van der Waals surface area contributed by atoms with Crippen molar-refractivity contribution in [2.24, 2.45) is 0 Å². The molecule has 3 heterocycles. The third-order valence-electron chi connectivity index (χ3n) is 6.51. The predicted molar refractivity (Wildman–Crippen MR) is 133 cm³/mol. The Balaban J connectivity index is 1.31. The number of amides is 3. The maximum absolute atomic E-state index is 13.3. The highest BCUT2D eigenvalue weighted by Gasteiger charge is 2.39. The number of carbonyl (C=O) groups excluding carboxylic acids is 3. The smallest absolute Gasteiger partial charge is 0.259 e. The number of aliphatic hydroxyl groups is 1. The first-order valence-corrected chi connectivity index (χ1v) is 11.9. The van der Waals surface area contributed by atoms with E-state index in [1.807, 2.05) is 6.92 Å². The van der Waals surface area contributed by atoms with Gasteiger partial charge < -0.3 is 40.0 Å². The Labute approximate surface area is 211 Å². The van der Waals surface area contributed by atoms with Crippen molar-refractivity contribution in [3.8, 4) is 0 Å². The molecule has 2 unspecified atom stereocenters. The molecule has 2 aromatic carbocycles. The molecule has 3 amide bonds. The van der Waals surface area contributed by atoms with Gasteiger partial charge in [0.15, 0.2) is 23.6 Å². The number of aromatic nitrogens is 1. The number of hydrogen-bond acceptors (Lipinski definition) is 9. The summed E-state index contributed by atoms with van der Waals surface area (Å²) in [4.78, 5) is 42.3. The van der Waals surface area contributed by atoms with Crippen LogP contribution in [0, 0.1) is 6.92 Å². The second-order valence-corrected chi connectivity index (χ2v) is 8.90. The summed E-state index contributed by atoms with van der Waals surface area (Å²) >= 11 is 0.